The van der Waals surface area contributed by atoms with Crippen LogP contribution in [0.25, 0.3) is 0 Å². The molecule has 1 aliphatic rings. The average Bonchev–Trinajstić information content (AvgIpc) is 2.16. The zero-order valence-corrected chi connectivity index (χ0v) is 9.28. The molecule has 2 N–H and O–H groups in total. The first-order valence-electron chi connectivity index (χ1n) is 4.83. The van der Waals surface area contributed by atoms with Crippen LogP contribution in [-0.2, 0) is 9.59 Å². The van der Waals surface area contributed by atoms with E-state index in [1.54, 1.807) is 6.92 Å². The Labute approximate surface area is 93.6 Å². The average molecular weight is 222 g/mol. The van der Waals surface area contributed by atoms with Crippen molar-refractivity contribution in [3.63, 3.8) is 0 Å². The molecule has 0 aromatic rings. The minimum absolute atomic E-state index is 0.0175. The molecule has 0 spiro atoms. The predicted molar refractivity (Wildman–Crippen MR) is 59.0 cm³/mol. The van der Waals surface area contributed by atoms with Gasteiger partial charge in [0.15, 0.2) is 0 Å². The molecule has 4 nitrogen and oxygen atoms in total. The van der Waals surface area contributed by atoms with Gasteiger partial charge in [-0.05, 0) is 25.8 Å². The maximum atomic E-state index is 11.1. The van der Waals surface area contributed by atoms with Crippen LogP contribution < -0.4 is 0 Å². The molecule has 1 aliphatic carbocycles. The topological polar surface area (TPSA) is 74.6 Å². The lowest BCUT2D eigenvalue weighted by Gasteiger charge is -2.26. The van der Waals surface area contributed by atoms with Crippen LogP contribution in [0.1, 0.15) is 20.3 Å². The molecule has 0 radical (unpaired) electrons. The van der Waals surface area contributed by atoms with Gasteiger partial charge in [-0.1, -0.05) is 24.3 Å². The molecule has 0 amide bonds. The van der Waals surface area contributed by atoms with E-state index in [9.17, 15) is 9.59 Å². The summed E-state index contributed by atoms with van der Waals surface area (Å²) in [5, 5.41) is 18.1. The smallest absolute Gasteiger partial charge is 0.332 e. The van der Waals surface area contributed by atoms with E-state index in [1.807, 2.05) is 0 Å². The lowest BCUT2D eigenvalue weighted by molar-refractivity contribution is -0.145. The number of rotatable bonds is 3. The summed E-state index contributed by atoms with van der Waals surface area (Å²) >= 11 is 0. The van der Waals surface area contributed by atoms with Crippen LogP contribution in [0.2, 0.25) is 0 Å². The molecule has 4 heteroatoms. The van der Waals surface area contributed by atoms with E-state index < -0.39 is 17.4 Å². The lowest BCUT2D eigenvalue weighted by atomic mass is 9.77. The largest absolute Gasteiger partial charge is 0.481 e. The van der Waals surface area contributed by atoms with Crippen molar-refractivity contribution in [3.05, 3.63) is 35.5 Å². The van der Waals surface area contributed by atoms with Crippen molar-refractivity contribution in [3.8, 4) is 0 Å². The number of carboxylic acid groups (broad SMARTS) is 2. The van der Waals surface area contributed by atoms with Crippen LogP contribution in [0.15, 0.2) is 35.5 Å². The Hall–Kier alpha value is -1.84. The maximum absolute atomic E-state index is 11.1. The van der Waals surface area contributed by atoms with Gasteiger partial charge in [-0.3, -0.25) is 4.79 Å². The van der Waals surface area contributed by atoms with Crippen molar-refractivity contribution in [1.29, 1.82) is 0 Å². The zero-order chi connectivity index (χ0) is 12.5. The second-order valence-corrected chi connectivity index (χ2v) is 4.21. The Kier molecular flexibility index (Phi) is 3.03. The highest BCUT2D eigenvalue weighted by atomic mass is 16.4. The minimum atomic E-state index is -1.15. The molecule has 16 heavy (non-hydrogen) atoms. The van der Waals surface area contributed by atoms with E-state index in [0.29, 0.717) is 11.1 Å². The summed E-state index contributed by atoms with van der Waals surface area (Å²) in [5.74, 6) is -2.11. The van der Waals surface area contributed by atoms with Gasteiger partial charge in [-0.15, -0.1) is 0 Å². The van der Waals surface area contributed by atoms with Crippen molar-refractivity contribution in [2.45, 2.75) is 20.3 Å². The monoisotopic (exact) mass is 222 g/mol. The van der Waals surface area contributed by atoms with Gasteiger partial charge >= 0.3 is 11.9 Å². The second-order valence-electron chi connectivity index (χ2n) is 4.21. The first kappa shape index (κ1) is 12.2. The summed E-state index contributed by atoms with van der Waals surface area (Å²) in [6.45, 7) is 6.89. The maximum Gasteiger partial charge on any atom is 0.332 e. The molecular formula is C12H14O4. The third kappa shape index (κ3) is 2.05. The van der Waals surface area contributed by atoms with E-state index in [1.165, 1.54) is 19.1 Å². The summed E-state index contributed by atoms with van der Waals surface area (Å²) in [6.07, 6.45) is 3.03. The number of hydrogen-bond acceptors (Lipinski definition) is 2. The number of carbonyl (C=O) groups is 2. The van der Waals surface area contributed by atoms with E-state index in [4.69, 9.17) is 10.2 Å². The van der Waals surface area contributed by atoms with Gasteiger partial charge in [0.2, 0.25) is 0 Å². The standard InChI is InChI=1S/C12H14O4/c1-7(2)8-4-5-12(3,11(15)16)6-9(8)10(13)14/h4-5H,1,6H2,2-3H3,(H,13,14)(H,15,16). The van der Waals surface area contributed by atoms with Gasteiger partial charge in [-0.25, -0.2) is 4.79 Å². The Morgan fingerprint density at radius 1 is 1.44 bits per heavy atom. The Bertz CT molecular complexity index is 428. The second kappa shape index (κ2) is 3.96. The fourth-order valence-corrected chi connectivity index (χ4v) is 1.63. The van der Waals surface area contributed by atoms with Crippen LogP contribution in [-0.4, -0.2) is 22.2 Å². The van der Waals surface area contributed by atoms with Crippen molar-refractivity contribution in [2.24, 2.45) is 5.41 Å². The molecule has 0 aromatic heterocycles. The van der Waals surface area contributed by atoms with Gasteiger partial charge in [0.1, 0.15) is 0 Å². The summed E-state index contributed by atoms with van der Waals surface area (Å²) in [7, 11) is 0. The van der Waals surface area contributed by atoms with E-state index in [-0.39, 0.29) is 12.0 Å². The zero-order valence-electron chi connectivity index (χ0n) is 9.28. The Morgan fingerprint density at radius 3 is 2.38 bits per heavy atom. The molecular weight excluding hydrogens is 208 g/mol. The molecule has 1 rings (SSSR count). The number of allylic oxidation sites excluding steroid dienone is 3. The quantitative estimate of drug-likeness (QED) is 0.765. The highest BCUT2D eigenvalue weighted by Gasteiger charge is 2.36. The van der Waals surface area contributed by atoms with Gasteiger partial charge in [-0.2, -0.15) is 0 Å². The van der Waals surface area contributed by atoms with Gasteiger partial charge < -0.3 is 10.2 Å². The highest BCUT2D eigenvalue weighted by Crippen LogP contribution is 2.36. The molecule has 0 saturated carbocycles. The minimum Gasteiger partial charge on any atom is -0.481 e. The van der Waals surface area contributed by atoms with E-state index in [2.05, 4.69) is 6.58 Å². The number of carboxylic acids is 2. The first-order chi connectivity index (χ1) is 7.28. The summed E-state index contributed by atoms with van der Waals surface area (Å²) < 4.78 is 0. The Balaban J connectivity index is 3.23. The molecule has 0 aliphatic heterocycles. The first-order valence-corrected chi connectivity index (χ1v) is 4.83. The van der Waals surface area contributed by atoms with Gasteiger partial charge in [0.25, 0.3) is 0 Å². The van der Waals surface area contributed by atoms with Crippen LogP contribution in [0, 0.1) is 5.41 Å². The van der Waals surface area contributed by atoms with Crippen molar-refractivity contribution >= 4 is 11.9 Å². The van der Waals surface area contributed by atoms with Crippen LogP contribution in [0.3, 0.4) is 0 Å². The fraction of sp³-hybridized carbons (Fsp3) is 0.333. The third-order valence-electron chi connectivity index (χ3n) is 2.69. The lowest BCUT2D eigenvalue weighted by Crippen LogP contribution is -2.29. The molecule has 0 bridgehead atoms. The molecule has 0 fully saturated rings. The predicted octanol–water partition coefficient (Wildman–Crippen LogP) is 1.99. The third-order valence-corrected chi connectivity index (χ3v) is 2.69. The summed E-state index contributed by atoms with van der Waals surface area (Å²) in [6, 6.07) is 0. The normalized spacial score (nSPS) is 24.4. The SMILES string of the molecule is C=C(C)C1=C(C(=O)O)CC(C)(C(=O)O)C=C1. The van der Waals surface area contributed by atoms with Crippen LogP contribution in [0.5, 0.6) is 0 Å². The fourth-order valence-electron chi connectivity index (χ4n) is 1.63. The molecule has 0 aromatic carbocycles. The molecule has 0 saturated heterocycles. The van der Waals surface area contributed by atoms with Crippen LogP contribution >= 0.6 is 0 Å². The molecule has 0 heterocycles. The van der Waals surface area contributed by atoms with E-state index >= 15 is 0 Å². The molecule has 86 valence electrons. The van der Waals surface area contributed by atoms with Gasteiger partial charge in [0, 0.05) is 5.57 Å². The van der Waals surface area contributed by atoms with Crippen molar-refractivity contribution in [2.75, 3.05) is 0 Å². The van der Waals surface area contributed by atoms with Crippen LogP contribution in [0.4, 0.5) is 0 Å². The Morgan fingerprint density at radius 2 is 2.00 bits per heavy atom. The highest BCUT2D eigenvalue weighted by molar-refractivity contribution is 5.92. The van der Waals surface area contributed by atoms with Crippen molar-refractivity contribution < 1.29 is 19.8 Å². The molecule has 1 unspecified atom stereocenters. The summed E-state index contributed by atoms with van der Waals surface area (Å²) in [5.41, 5.74) is 0.111. The van der Waals surface area contributed by atoms with E-state index in [0.717, 1.165) is 0 Å². The van der Waals surface area contributed by atoms with Gasteiger partial charge in [0.05, 0.1) is 5.41 Å². The number of aliphatic carboxylic acids is 2. The molecule has 1 atom stereocenters. The summed E-state index contributed by atoms with van der Waals surface area (Å²) in [4.78, 5) is 22.1. The van der Waals surface area contributed by atoms with Crippen molar-refractivity contribution in [1.82, 2.24) is 0 Å². The number of hydrogen-bond donors (Lipinski definition) is 2.